The van der Waals surface area contributed by atoms with Crippen LogP contribution in [0, 0.1) is 0 Å². The number of nitrogens with zero attached hydrogens (tertiary/aromatic N) is 3. The van der Waals surface area contributed by atoms with E-state index in [-0.39, 0.29) is 11.2 Å². The fourth-order valence-corrected chi connectivity index (χ4v) is 5.40. The molecule has 2 aromatic heterocycles. The van der Waals surface area contributed by atoms with Crippen molar-refractivity contribution in [3.05, 3.63) is 55.5 Å². The minimum absolute atomic E-state index is 0.198. The number of thiophene rings is 1. The zero-order valence-corrected chi connectivity index (χ0v) is 18.1. The average molecular weight is 414 g/mol. The van der Waals surface area contributed by atoms with Crippen LogP contribution in [-0.2, 0) is 19.4 Å². The van der Waals surface area contributed by atoms with Gasteiger partial charge in [-0.25, -0.2) is 9.36 Å². The molecule has 0 saturated carbocycles. The quantitative estimate of drug-likeness (QED) is 0.604. The molecule has 154 valence electrons. The van der Waals surface area contributed by atoms with Gasteiger partial charge >= 0.3 is 5.69 Å². The summed E-state index contributed by atoms with van der Waals surface area (Å²) in [4.78, 5) is 31.2. The molecule has 0 atom stereocenters. The summed E-state index contributed by atoms with van der Waals surface area (Å²) in [5, 5.41) is 0.737. The van der Waals surface area contributed by atoms with Crippen molar-refractivity contribution in [2.45, 2.75) is 38.6 Å². The highest BCUT2D eigenvalue weighted by atomic mass is 32.1. The summed E-state index contributed by atoms with van der Waals surface area (Å²) < 4.78 is 8.35. The molecular formula is C22H27N3O3S. The van der Waals surface area contributed by atoms with Crippen LogP contribution in [0.3, 0.4) is 0 Å². The van der Waals surface area contributed by atoms with Crippen molar-refractivity contribution < 1.29 is 4.74 Å². The van der Waals surface area contributed by atoms with Gasteiger partial charge in [-0.3, -0.25) is 9.36 Å². The molecule has 3 aromatic rings. The predicted molar refractivity (Wildman–Crippen MR) is 118 cm³/mol. The smallest absolute Gasteiger partial charge is 0.336 e. The van der Waals surface area contributed by atoms with Gasteiger partial charge in [0.1, 0.15) is 10.6 Å². The Labute approximate surface area is 174 Å². The minimum Gasteiger partial charge on any atom is -0.497 e. The van der Waals surface area contributed by atoms with Gasteiger partial charge in [-0.05, 0) is 69.6 Å². The summed E-state index contributed by atoms with van der Waals surface area (Å²) >= 11 is 1.64. The van der Waals surface area contributed by atoms with E-state index < -0.39 is 0 Å². The molecule has 1 aliphatic rings. The van der Waals surface area contributed by atoms with Crippen molar-refractivity contribution in [1.29, 1.82) is 0 Å². The average Bonchev–Trinajstić information content (AvgIpc) is 2.91. The summed E-state index contributed by atoms with van der Waals surface area (Å²) in [5.41, 5.74) is 1.27. The lowest BCUT2D eigenvalue weighted by molar-refractivity contribution is 0.382. The maximum Gasteiger partial charge on any atom is 0.336 e. The molecule has 2 heterocycles. The number of hydrogen-bond donors (Lipinski definition) is 0. The van der Waals surface area contributed by atoms with E-state index in [1.807, 2.05) is 14.1 Å². The van der Waals surface area contributed by atoms with Gasteiger partial charge in [-0.1, -0.05) is 6.42 Å². The summed E-state index contributed by atoms with van der Waals surface area (Å²) in [5.74, 6) is 0.695. The van der Waals surface area contributed by atoms with Crippen LogP contribution < -0.4 is 16.0 Å². The van der Waals surface area contributed by atoms with Gasteiger partial charge < -0.3 is 9.64 Å². The molecule has 0 aliphatic heterocycles. The summed E-state index contributed by atoms with van der Waals surface area (Å²) in [6.07, 6.45) is 5.35. The molecule has 0 amide bonds. The lowest BCUT2D eigenvalue weighted by atomic mass is 10.1. The number of aryl methyl sites for hydroxylation is 2. The van der Waals surface area contributed by atoms with Crippen LogP contribution in [-0.4, -0.2) is 41.8 Å². The Morgan fingerprint density at radius 2 is 1.79 bits per heavy atom. The van der Waals surface area contributed by atoms with Crippen LogP contribution in [0.1, 0.15) is 29.7 Å². The molecule has 0 spiro atoms. The van der Waals surface area contributed by atoms with Gasteiger partial charge in [0.25, 0.3) is 5.56 Å². The molecule has 29 heavy (non-hydrogen) atoms. The Morgan fingerprint density at radius 1 is 1.07 bits per heavy atom. The second kappa shape index (κ2) is 8.16. The standard InChI is InChI=1S/C22H27N3O3S/c1-23(2)13-14-24-21-19(17-7-5-4-6-8-18(17)29-21)20(26)25(22(24)27)15-9-11-16(28-3)12-10-15/h9-12H,4-8,13-14H2,1-3H3. The summed E-state index contributed by atoms with van der Waals surface area (Å²) in [7, 11) is 5.58. The number of ether oxygens (including phenoxy) is 1. The van der Waals surface area contributed by atoms with Gasteiger partial charge in [-0.15, -0.1) is 11.3 Å². The third-order valence-corrected chi connectivity index (χ3v) is 6.90. The first-order chi connectivity index (χ1) is 14.0. The normalized spacial score (nSPS) is 14.2. The van der Waals surface area contributed by atoms with Crippen molar-refractivity contribution in [3.63, 3.8) is 0 Å². The molecule has 0 fully saturated rings. The molecule has 1 aliphatic carbocycles. The molecule has 4 rings (SSSR count). The first kappa shape index (κ1) is 19.9. The SMILES string of the molecule is COc1ccc(-n2c(=O)c3c4c(sc3n(CCN(C)C)c2=O)CCCCC4)cc1. The molecule has 0 bridgehead atoms. The van der Waals surface area contributed by atoms with Crippen LogP contribution in [0.25, 0.3) is 15.9 Å². The van der Waals surface area contributed by atoms with Crippen molar-refractivity contribution >= 4 is 21.6 Å². The Balaban J connectivity index is 2.00. The summed E-state index contributed by atoms with van der Waals surface area (Å²) in [6, 6.07) is 7.11. The highest BCUT2D eigenvalue weighted by Crippen LogP contribution is 2.33. The Morgan fingerprint density at radius 3 is 2.48 bits per heavy atom. The largest absolute Gasteiger partial charge is 0.497 e. The lowest BCUT2D eigenvalue weighted by Gasteiger charge is -2.15. The van der Waals surface area contributed by atoms with Gasteiger partial charge in [0, 0.05) is 18.0 Å². The molecule has 7 heteroatoms. The fraction of sp³-hybridized carbons (Fsp3) is 0.455. The first-order valence-corrected chi connectivity index (χ1v) is 10.9. The first-order valence-electron chi connectivity index (χ1n) is 10.1. The molecular weight excluding hydrogens is 386 g/mol. The van der Waals surface area contributed by atoms with Crippen molar-refractivity contribution in [3.8, 4) is 11.4 Å². The Bertz CT molecular complexity index is 1140. The van der Waals surface area contributed by atoms with E-state index in [1.54, 1.807) is 47.3 Å². The Hall–Kier alpha value is -2.38. The van der Waals surface area contributed by atoms with Crippen LogP contribution >= 0.6 is 11.3 Å². The second-order valence-electron chi connectivity index (χ2n) is 7.82. The summed E-state index contributed by atoms with van der Waals surface area (Å²) in [6.45, 7) is 1.29. The van der Waals surface area contributed by atoms with Gasteiger partial charge in [-0.2, -0.15) is 0 Å². The zero-order chi connectivity index (χ0) is 20.5. The number of rotatable bonds is 5. The van der Waals surface area contributed by atoms with E-state index in [1.165, 1.54) is 15.9 Å². The van der Waals surface area contributed by atoms with Gasteiger partial charge in [0.15, 0.2) is 0 Å². The van der Waals surface area contributed by atoms with E-state index in [0.717, 1.165) is 48.0 Å². The third-order valence-electron chi connectivity index (χ3n) is 5.59. The molecule has 1 aromatic carbocycles. The van der Waals surface area contributed by atoms with Crippen molar-refractivity contribution in [2.24, 2.45) is 0 Å². The second-order valence-corrected chi connectivity index (χ2v) is 8.90. The number of methoxy groups -OCH3 is 1. The fourth-order valence-electron chi connectivity index (χ4n) is 4.00. The van der Waals surface area contributed by atoms with Gasteiger partial charge in [0.2, 0.25) is 0 Å². The molecule has 0 saturated heterocycles. The third kappa shape index (κ3) is 3.65. The van der Waals surface area contributed by atoms with E-state index in [4.69, 9.17) is 4.74 Å². The number of benzene rings is 1. The molecule has 0 unspecified atom stereocenters. The van der Waals surface area contributed by atoms with Crippen LogP contribution in [0.15, 0.2) is 33.9 Å². The lowest BCUT2D eigenvalue weighted by Crippen LogP contribution is -2.40. The van der Waals surface area contributed by atoms with Crippen molar-refractivity contribution in [1.82, 2.24) is 14.0 Å². The highest BCUT2D eigenvalue weighted by Gasteiger charge is 2.23. The van der Waals surface area contributed by atoms with Gasteiger partial charge in [0.05, 0.1) is 18.2 Å². The van der Waals surface area contributed by atoms with Crippen LogP contribution in [0.2, 0.25) is 0 Å². The molecule has 0 radical (unpaired) electrons. The number of fused-ring (bicyclic) bond motifs is 3. The van der Waals surface area contributed by atoms with Crippen LogP contribution in [0.4, 0.5) is 0 Å². The number of likely N-dealkylation sites (N-methyl/N-ethyl adjacent to an activating group) is 1. The Kier molecular flexibility index (Phi) is 5.61. The predicted octanol–water partition coefficient (Wildman–Crippen LogP) is 3.05. The highest BCUT2D eigenvalue weighted by molar-refractivity contribution is 7.18. The monoisotopic (exact) mass is 413 g/mol. The molecule has 0 N–H and O–H groups in total. The van der Waals surface area contributed by atoms with Crippen LogP contribution in [0.5, 0.6) is 5.75 Å². The zero-order valence-electron chi connectivity index (χ0n) is 17.2. The van der Waals surface area contributed by atoms with Crippen molar-refractivity contribution in [2.75, 3.05) is 27.7 Å². The van der Waals surface area contributed by atoms with E-state index >= 15 is 0 Å². The van der Waals surface area contributed by atoms with E-state index in [0.29, 0.717) is 18.0 Å². The van der Waals surface area contributed by atoms with E-state index in [2.05, 4.69) is 4.90 Å². The maximum absolute atomic E-state index is 13.6. The van der Waals surface area contributed by atoms with E-state index in [9.17, 15) is 9.59 Å². The topological polar surface area (TPSA) is 56.5 Å². The number of aromatic nitrogens is 2. The number of hydrogen-bond acceptors (Lipinski definition) is 5. The maximum atomic E-state index is 13.6. The molecule has 6 nitrogen and oxygen atoms in total. The minimum atomic E-state index is -0.272.